The molecule has 2 aliphatic heterocycles. The number of halogens is 2. The normalized spacial score (nSPS) is 17.7. The largest absolute Gasteiger partial charge is 0.490 e. The molecular weight excluding hydrogens is 649 g/mol. The molecule has 0 radical (unpaired) electrons. The van der Waals surface area contributed by atoms with Crippen LogP contribution in [0.4, 0.5) is 8.78 Å². The number of hydrogen-bond donors (Lipinski definition) is 1. The molecule has 0 saturated heterocycles. The van der Waals surface area contributed by atoms with Crippen molar-refractivity contribution < 1.29 is 28.2 Å². The van der Waals surface area contributed by atoms with E-state index in [9.17, 15) is 19.1 Å². The van der Waals surface area contributed by atoms with Crippen LogP contribution in [-0.4, -0.2) is 68.3 Å². The Balaban J connectivity index is 1.37. The van der Waals surface area contributed by atoms with Crippen molar-refractivity contribution in [3.05, 3.63) is 89.0 Å². The summed E-state index contributed by atoms with van der Waals surface area (Å²) in [6.45, 7) is 6.42. The third-order valence-corrected chi connectivity index (χ3v) is 10.9. The zero-order valence-corrected chi connectivity index (χ0v) is 27.8. The van der Waals surface area contributed by atoms with Gasteiger partial charge in [0, 0.05) is 53.5 Å². The predicted octanol–water partition coefficient (Wildman–Crippen LogP) is 6.24. The molecule has 1 spiro atoms. The van der Waals surface area contributed by atoms with Crippen molar-refractivity contribution in [1.82, 2.24) is 24.6 Å². The van der Waals surface area contributed by atoms with Crippen LogP contribution in [0.3, 0.4) is 0 Å². The van der Waals surface area contributed by atoms with Gasteiger partial charge < -0.3 is 19.6 Å². The Labute approximate surface area is 285 Å². The van der Waals surface area contributed by atoms with Crippen molar-refractivity contribution >= 4 is 33.2 Å². The molecule has 1 saturated carbocycles. The maximum absolute atomic E-state index is 16.1. The summed E-state index contributed by atoms with van der Waals surface area (Å²) in [5, 5.41) is 17.1. The van der Waals surface area contributed by atoms with Gasteiger partial charge in [-0.1, -0.05) is 18.7 Å². The topological polar surface area (TPSA) is 101 Å². The highest BCUT2D eigenvalue weighted by Crippen LogP contribution is 2.54. The summed E-state index contributed by atoms with van der Waals surface area (Å²) in [5.41, 5.74) is 5.18. The van der Waals surface area contributed by atoms with E-state index in [1.165, 1.54) is 17.4 Å². The minimum Gasteiger partial charge on any atom is -0.490 e. The van der Waals surface area contributed by atoms with E-state index in [4.69, 9.17) is 14.8 Å². The standard InChI is InChI=1S/C37H33F2N5O4S/c1-4-30(46)43-10-11-44-28(20(43)2)18-27(41-44)34-32(31-26(39)16-23(38)17-29(31)48-13-12-45)35-24(7-14-49-35)33(40-34)21-5-6-25-22(15-21)19-42(3)36(47)37(25)8-9-37/h4-7,14-18,20,45H,1,8-13,19H2,2-3H3. The van der Waals surface area contributed by atoms with Crippen LogP contribution in [-0.2, 0) is 28.1 Å². The van der Waals surface area contributed by atoms with Gasteiger partial charge in [0.15, 0.2) is 0 Å². The van der Waals surface area contributed by atoms with Crippen LogP contribution >= 0.6 is 11.3 Å². The lowest BCUT2D eigenvalue weighted by Gasteiger charge is -2.33. The van der Waals surface area contributed by atoms with Crippen molar-refractivity contribution in [2.75, 3.05) is 26.8 Å². The third-order valence-electron chi connectivity index (χ3n) is 9.99. The van der Waals surface area contributed by atoms with E-state index < -0.39 is 17.0 Å². The number of rotatable bonds is 7. The number of fused-ring (bicyclic) bond motifs is 4. The highest BCUT2D eigenvalue weighted by molar-refractivity contribution is 7.18. The first-order valence-electron chi connectivity index (χ1n) is 16.2. The molecule has 5 heterocycles. The number of thiophene rings is 1. The Hall–Kier alpha value is -4.94. The van der Waals surface area contributed by atoms with E-state index in [1.807, 2.05) is 48.3 Å². The number of aliphatic hydroxyl groups excluding tert-OH is 1. The Morgan fingerprint density at radius 2 is 1.96 bits per heavy atom. The van der Waals surface area contributed by atoms with Gasteiger partial charge in [0.25, 0.3) is 0 Å². The zero-order valence-electron chi connectivity index (χ0n) is 27.0. The minimum absolute atomic E-state index is 0.0140. The Morgan fingerprint density at radius 3 is 2.71 bits per heavy atom. The Morgan fingerprint density at radius 1 is 1.14 bits per heavy atom. The van der Waals surface area contributed by atoms with Gasteiger partial charge in [-0.3, -0.25) is 14.3 Å². The molecular formula is C37H33F2N5O4S. The smallest absolute Gasteiger partial charge is 0.246 e. The molecule has 49 heavy (non-hydrogen) atoms. The van der Waals surface area contributed by atoms with Gasteiger partial charge in [-0.2, -0.15) is 5.10 Å². The van der Waals surface area contributed by atoms with Gasteiger partial charge in [-0.25, -0.2) is 13.8 Å². The third kappa shape index (κ3) is 4.87. The molecule has 1 atom stereocenters. The average Bonchev–Trinajstić information content (AvgIpc) is 3.50. The van der Waals surface area contributed by atoms with Gasteiger partial charge in [-0.05, 0) is 60.5 Å². The van der Waals surface area contributed by atoms with Gasteiger partial charge >= 0.3 is 0 Å². The SMILES string of the molecule is C=CC(=O)N1CCn2nc(-c3nc(-c4ccc5c(c4)CN(C)C(=O)C54CC4)c4ccsc4c3-c3c(F)cc(F)cc3OCCO)cc2C1C. The van der Waals surface area contributed by atoms with Gasteiger partial charge in [0.1, 0.15) is 35.4 Å². The Kier molecular flexibility index (Phi) is 7.41. The lowest BCUT2D eigenvalue weighted by Crippen LogP contribution is -2.41. The molecule has 1 fully saturated rings. The predicted molar refractivity (Wildman–Crippen MR) is 182 cm³/mol. The number of aliphatic hydroxyl groups is 1. The minimum atomic E-state index is -0.838. The van der Waals surface area contributed by atoms with Crippen LogP contribution in [0.5, 0.6) is 5.75 Å². The molecule has 3 aliphatic rings. The molecule has 3 aromatic heterocycles. The molecule has 1 aliphatic carbocycles. The monoisotopic (exact) mass is 681 g/mol. The lowest BCUT2D eigenvalue weighted by atomic mass is 9.85. The number of benzene rings is 2. The van der Waals surface area contributed by atoms with Crippen molar-refractivity contribution in [3.8, 4) is 39.5 Å². The second kappa shape index (κ2) is 11.6. The van der Waals surface area contributed by atoms with Gasteiger partial charge in [0.05, 0.1) is 41.6 Å². The van der Waals surface area contributed by atoms with Crippen molar-refractivity contribution in [2.24, 2.45) is 0 Å². The fourth-order valence-electron chi connectivity index (χ4n) is 7.52. The van der Waals surface area contributed by atoms with Gasteiger partial charge in [-0.15, -0.1) is 11.3 Å². The number of carbonyl (C=O) groups excluding carboxylic acids is 2. The summed E-state index contributed by atoms with van der Waals surface area (Å²) in [4.78, 5) is 34.4. The first kappa shape index (κ1) is 31.3. The van der Waals surface area contributed by atoms with Crippen LogP contribution in [0.1, 0.15) is 42.6 Å². The highest BCUT2D eigenvalue weighted by Gasteiger charge is 2.55. The lowest BCUT2D eigenvalue weighted by molar-refractivity contribution is -0.134. The number of likely N-dealkylation sites (N-methyl/N-ethyl adjacent to an activating group) is 1. The fraction of sp³-hybridized carbons (Fsp3) is 0.297. The average molecular weight is 682 g/mol. The number of nitrogens with zero attached hydrogens (tertiary/aromatic N) is 5. The van der Waals surface area contributed by atoms with E-state index in [-0.39, 0.29) is 42.4 Å². The number of ether oxygens (including phenoxy) is 1. The maximum Gasteiger partial charge on any atom is 0.246 e. The Bertz CT molecular complexity index is 2210. The molecule has 9 nitrogen and oxygen atoms in total. The molecule has 0 bridgehead atoms. The summed E-state index contributed by atoms with van der Waals surface area (Å²) >= 11 is 1.40. The maximum atomic E-state index is 16.1. The highest BCUT2D eigenvalue weighted by atomic mass is 32.1. The van der Waals surface area contributed by atoms with Gasteiger partial charge in [0.2, 0.25) is 11.8 Å². The van der Waals surface area contributed by atoms with Crippen LogP contribution in [0.25, 0.3) is 43.9 Å². The van der Waals surface area contributed by atoms with E-state index >= 15 is 4.39 Å². The summed E-state index contributed by atoms with van der Waals surface area (Å²) < 4.78 is 38.9. The summed E-state index contributed by atoms with van der Waals surface area (Å²) in [6.07, 6.45) is 2.96. The summed E-state index contributed by atoms with van der Waals surface area (Å²) in [5.74, 6) is -1.74. The quantitative estimate of drug-likeness (QED) is 0.204. The molecule has 1 unspecified atom stereocenters. The second-order valence-electron chi connectivity index (χ2n) is 12.9. The van der Waals surface area contributed by atoms with E-state index in [2.05, 4.69) is 12.6 Å². The first-order valence-corrected chi connectivity index (χ1v) is 17.1. The van der Waals surface area contributed by atoms with Crippen molar-refractivity contribution in [2.45, 2.75) is 44.3 Å². The van der Waals surface area contributed by atoms with Crippen LogP contribution in [0.2, 0.25) is 0 Å². The summed E-state index contributed by atoms with van der Waals surface area (Å²) in [7, 11) is 1.83. The summed E-state index contributed by atoms with van der Waals surface area (Å²) in [6, 6.07) is 11.5. The number of pyridine rings is 1. The first-order chi connectivity index (χ1) is 23.6. The van der Waals surface area contributed by atoms with Crippen LogP contribution in [0.15, 0.2) is 60.5 Å². The van der Waals surface area contributed by atoms with E-state index in [0.29, 0.717) is 47.0 Å². The molecule has 1 N–H and O–H groups in total. The van der Waals surface area contributed by atoms with Crippen molar-refractivity contribution in [3.63, 3.8) is 0 Å². The number of aromatic nitrogens is 3. The second-order valence-corrected chi connectivity index (χ2v) is 13.8. The molecule has 2 amide bonds. The van der Waals surface area contributed by atoms with E-state index in [1.54, 1.807) is 9.80 Å². The molecule has 2 aromatic carbocycles. The molecule has 5 aromatic rings. The molecule has 250 valence electrons. The van der Waals surface area contributed by atoms with Crippen LogP contribution < -0.4 is 4.74 Å². The van der Waals surface area contributed by atoms with Crippen molar-refractivity contribution in [1.29, 1.82) is 0 Å². The molecule has 8 rings (SSSR count). The number of amides is 2. The number of hydrogen-bond acceptors (Lipinski definition) is 7. The fourth-order valence-corrected chi connectivity index (χ4v) is 8.46. The van der Waals surface area contributed by atoms with Crippen LogP contribution in [0, 0.1) is 11.6 Å². The number of carbonyl (C=O) groups is 2. The van der Waals surface area contributed by atoms with E-state index in [0.717, 1.165) is 52.7 Å². The zero-order chi connectivity index (χ0) is 34.2. The molecule has 12 heteroatoms.